The summed E-state index contributed by atoms with van der Waals surface area (Å²) in [4.78, 5) is 21.2. The molecule has 2 aromatic heterocycles. The number of nitrogens with zero attached hydrogens (tertiary/aromatic N) is 3. The Balaban J connectivity index is 2.29. The third-order valence-electron chi connectivity index (χ3n) is 4.31. The second-order valence-corrected chi connectivity index (χ2v) is 6.74. The SMILES string of the molecule is CSc1ncc2cc(OC(F)F)c(=O)n([C@@H]3CCC[C@@]3(C)O)c2n1. The lowest BCUT2D eigenvalue weighted by atomic mass is 10.00. The number of pyridine rings is 1. The first-order valence-electron chi connectivity index (χ1n) is 7.47. The van der Waals surface area contributed by atoms with E-state index in [9.17, 15) is 18.7 Å². The van der Waals surface area contributed by atoms with Crippen LogP contribution in [0.5, 0.6) is 5.75 Å². The summed E-state index contributed by atoms with van der Waals surface area (Å²) in [6, 6.07) is 0.659. The third kappa shape index (κ3) is 2.98. The highest BCUT2D eigenvalue weighted by Gasteiger charge is 2.40. The lowest BCUT2D eigenvalue weighted by Crippen LogP contribution is -2.38. The largest absolute Gasteiger partial charge is 0.429 e. The first kappa shape index (κ1) is 17.1. The predicted molar refractivity (Wildman–Crippen MR) is 85.7 cm³/mol. The third-order valence-corrected chi connectivity index (χ3v) is 4.87. The Morgan fingerprint density at radius 3 is 2.88 bits per heavy atom. The van der Waals surface area contributed by atoms with Crippen molar-refractivity contribution in [2.24, 2.45) is 0 Å². The molecule has 1 fully saturated rings. The molecule has 0 radical (unpaired) electrons. The van der Waals surface area contributed by atoms with Crippen LogP contribution in [0.25, 0.3) is 11.0 Å². The van der Waals surface area contributed by atoms with E-state index in [2.05, 4.69) is 14.7 Å². The fraction of sp³-hybridized carbons (Fsp3) is 0.533. The fourth-order valence-electron chi connectivity index (χ4n) is 3.19. The number of aliphatic hydroxyl groups is 1. The van der Waals surface area contributed by atoms with Crippen molar-refractivity contribution in [1.82, 2.24) is 14.5 Å². The van der Waals surface area contributed by atoms with Crippen LogP contribution in [0.2, 0.25) is 0 Å². The first-order chi connectivity index (χ1) is 11.3. The molecule has 130 valence electrons. The summed E-state index contributed by atoms with van der Waals surface area (Å²) in [5.74, 6) is -0.472. The Bertz CT molecular complexity index is 825. The topological polar surface area (TPSA) is 77.2 Å². The zero-order valence-corrected chi connectivity index (χ0v) is 14.0. The van der Waals surface area contributed by atoms with Crippen LogP contribution in [0, 0.1) is 0 Å². The molecule has 9 heteroatoms. The zero-order valence-electron chi connectivity index (χ0n) is 13.2. The summed E-state index contributed by atoms with van der Waals surface area (Å²) >= 11 is 1.30. The molecule has 0 amide bonds. The molecule has 0 bridgehead atoms. The number of rotatable bonds is 4. The van der Waals surface area contributed by atoms with E-state index in [1.165, 1.54) is 28.6 Å². The lowest BCUT2D eigenvalue weighted by molar-refractivity contribution is -0.0513. The standard InChI is InChI=1S/C15H17F2N3O3S/c1-15(22)5-3-4-10(15)20-11-8(7-18-14(19-11)24-2)6-9(12(20)21)23-13(16)17/h6-7,10,13,22H,3-5H2,1-2H3/t10-,15-/m1/s1. The van der Waals surface area contributed by atoms with Crippen LogP contribution in [0.4, 0.5) is 8.78 Å². The number of hydrogen-bond donors (Lipinski definition) is 1. The van der Waals surface area contributed by atoms with Crippen molar-refractivity contribution < 1.29 is 18.6 Å². The molecule has 1 saturated carbocycles. The average Bonchev–Trinajstić information content (AvgIpc) is 2.86. The summed E-state index contributed by atoms with van der Waals surface area (Å²) in [6.07, 6.45) is 5.06. The highest BCUT2D eigenvalue weighted by atomic mass is 32.2. The van der Waals surface area contributed by atoms with Crippen molar-refractivity contribution in [1.29, 1.82) is 0 Å². The number of ether oxygens (including phenoxy) is 1. The molecular formula is C15H17F2N3O3S. The van der Waals surface area contributed by atoms with E-state index < -0.39 is 29.6 Å². The maximum Gasteiger partial charge on any atom is 0.387 e. The van der Waals surface area contributed by atoms with Gasteiger partial charge in [-0.05, 0) is 38.5 Å². The van der Waals surface area contributed by atoms with Gasteiger partial charge < -0.3 is 9.84 Å². The molecule has 1 aliphatic carbocycles. The maximum absolute atomic E-state index is 12.7. The smallest absolute Gasteiger partial charge is 0.387 e. The number of alkyl halides is 2. The van der Waals surface area contributed by atoms with Crippen LogP contribution in [0.15, 0.2) is 22.2 Å². The highest BCUT2D eigenvalue weighted by Crippen LogP contribution is 2.39. The molecule has 0 aliphatic heterocycles. The van der Waals surface area contributed by atoms with Crippen LogP contribution in [0.1, 0.15) is 32.2 Å². The molecule has 2 atom stereocenters. The second-order valence-electron chi connectivity index (χ2n) is 5.96. The van der Waals surface area contributed by atoms with Crippen molar-refractivity contribution in [2.75, 3.05) is 6.26 Å². The van der Waals surface area contributed by atoms with E-state index >= 15 is 0 Å². The van der Waals surface area contributed by atoms with Gasteiger partial charge in [-0.25, -0.2) is 9.97 Å². The van der Waals surface area contributed by atoms with E-state index in [0.717, 1.165) is 6.42 Å². The van der Waals surface area contributed by atoms with Crippen LogP contribution in [-0.2, 0) is 0 Å². The van der Waals surface area contributed by atoms with Crippen LogP contribution in [0.3, 0.4) is 0 Å². The average molecular weight is 357 g/mol. The molecule has 0 aromatic carbocycles. The molecule has 6 nitrogen and oxygen atoms in total. The Morgan fingerprint density at radius 2 is 2.29 bits per heavy atom. The van der Waals surface area contributed by atoms with Crippen molar-refractivity contribution in [3.05, 3.63) is 22.6 Å². The van der Waals surface area contributed by atoms with Crippen molar-refractivity contribution in [2.45, 2.75) is 49.6 Å². The van der Waals surface area contributed by atoms with Crippen LogP contribution in [-0.4, -0.2) is 38.1 Å². The van der Waals surface area contributed by atoms with Crippen molar-refractivity contribution in [3.63, 3.8) is 0 Å². The Kier molecular flexibility index (Phi) is 4.48. The van der Waals surface area contributed by atoms with Crippen molar-refractivity contribution in [3.8, 4) is 5.75 Å². The van der Waals surface area contributed by atoms with Gasteiger partial charge in [0.15, 0.2) is 10.9 Å². The summed E-state index contributed by atoms with van der Waals surface area (Å²) in [5.41, 5.74) is -1.53. The van der Waals surface area contributed by atoms with Gasteiger partial charge in [-0.15, -0.1) is 0 Å². The number of aromatic nitrogens is 3. The second kappa shape index (κ2) is 6.29. The first-order valence-corrected chi connectivity index (χ1v) is 8.69. The van der Waals surface area contributed by atoms with Gasteiger partial charge in [0.25, 0.3) is 5.56 Å². The molecule has 0 spiro atoms. The minimum absolute atomic E-state index is 0.313. The highest BCUT2D eigenvalue weighted by molar-refractivity contribution is 7.98. The van der Waals surface area contributed by atoms with Gasteiger partial charge in [-0.3, -0.25) is 9.36 Å². The maximum atomic E-state index is 12.7. The van der Waals surface area contributed by atoms with Gasteiger partial charge in [0.2, 0.25) is 0 Å². The minimum Gasteiger partial charge on any atom is -0.429 e. The number of hydrogen-bond acceptors (Lipinski definition) is 6. The monoisotopic (exact) mass is 357 g/mol. The molecule has 24 heavy (non-hydrogen) atoms. The molecule has 0 unspecified atom stereocenters. The number of halogens is 2. The summed E-state index contributed by atoms with van der Waals surface area (Å²) in [6.45, 7) is -1.47. The Morgan fingerprint density at radius 1 is 1.54 bits per heavy atom. The van der Waals surface area contributed by atoms with Gasteiger partial charge in [0, 0.05) is 11.6 Å². The van der Waals surface area contributed by atoms with Crippen molar-refractivity contribution >= 4 is 22.8 Å². The fourth-order valence-corrected chi connectivity index (χ4v) is 3.52. The van der Waals surface area contributed by atoms with Gasteiger partial charge in [-0.2, -0.15) is 8.78 Å². The van der Waals surface area contributed by atoms with E-state index in [1.807, 2.05) is 0 Å². The normalized spacial score (nSPS) is 24.0. The van der Waals surface area contributed by atoms with E-state index in [4.69, 9.17) is 0 Å². The van der Waals surface area contributed by atoms with Gasteiger partial charge >= 0.3 is 6.61 Å². The summed E-state index contributed by atoms with van der Waals surface area (Å²) in [5, 5.41) is 11.5. The molecule has 0 saturated heterocycles. The van der Waals surface area contributed by atoms with Gasteiger partial charge in [-0.1, -0.05) is 11.8 Å². The Hall–Kier alpha value is -1.74. The summed E-state index contributed by atoms with van der Waals surface area (Å²) in [7, 11) is 0. The summed E-state index contributed by atoms with van der Waals surface area (Å²) < 4.78 is 30.9. The Labute approximate surface area is 140 Å². The quantitative estimate of drug-likeness (QED) is 0.669. The van der Waals surface area contributed by atoms with E-state index in [-0.39, 0.29) is 0 Å². The zero-order chi connectivity index (χ0) is 17.5. The van der Waals surface area contributed by atoms with Gasteiger partial charge in [0.05, 0.1) is 11.6 Å². The van der Waals surface area contributed by atoms with E-state index in [0.29, 0.717) is 29.0 Å². The number of thioether (sulfide) groups is 1. The molecule has 3 rings (SSSR count). The predicted octanol–water partition coefficient (Wildman–Crippen LogP) is 2.59. The van der Waals surface area contributed by atoms with Gasteiger partial charge in [0.1, 0.15) is 5.65 Å². The molecule has 1 aliphatic rings. The molecular weight excluding hydrogens is 340 g/mol. The van der Waals surface area contributed by atoms with Crippen LogP contribution >= 0.6 is 11.8 Å². The van der Waals surface area contributed by atoms with Crippen LogP contribution < -0.4 is 10.3 Å². The minimum atomic E-state index is -3.11. The lowest BCUT2D eigenvalue weighted by Gasteiger charge is -2.28. The number of fused-ring (bicyclic) bond motifs is 1. The van der Waals surface area contributed by atoms with E-state index in [1.54, 1.807) is 13.2 Å². The molecule has 1 N–H and O–H groups in total. The molecule has 2 aromatic rings. The molecule has 2 heterocycles.